The van der Waals surface area contributed by atoms with Gasteiger partial charge in [-0.05, 0) is 24.5 Å². The number of hydrogen-bond acceptors (Lipinski definition) is 10. The van der Waals surface area contributed by atoms with Crippen molar-refractivity contribution in [3.8, 4) is 0 Å². The van der Waals surface area contributed by atoms with Crippen LogP contribution in [-0.4, -0.2) is 94.3 Å². The van der Waals surface area contributed by atoms with E-state index >= 15 is 0 Å². The van der Waals surface area contributed by atoms with Crippen LogP contribution in [0.25, 0.3) is 10.9 Å². The van der Waals surface area contributed by atoms with Crippen molar-refractivity contribution in [2.75, 3.05) is 20.3 Å². The zero-order valence-electron chi connectivity index (χ0n) is 20.9. The van der Waals surface area contributed by atoms with Crippen molar-refractivity contribution in [1.29, 1.82) is 0 Å². The molecule has 204 valence electrons. The van der Waals surface area contributed by atoms with Crippen LogP contribution >= 0.6 is 0 Å². The highest BCUT2D eigenvalue weighted by Gasteiger charge is 2.47. The summed E-state index contributed by atoms with van der Waals surface area (Å²) in [4.78, 5) is 21.0. The molecule has 0 radical (unpaired) electrons. The maximum atomic E-state index is 12.7. The third kappa shape index (κ3) is 4.66. The molecule has 8 atom stereocenters. The van der Waals surface area contributed by atoms with Gasteiger partial charge in [-0.25, -0.2) is 4.79 Å². The van der Waals surface area contributed by atoms with Crippen LogP contribution < -0.4 is 0 Å². The van der Waals surface area contributed by atoms with Gasteiger partial charge in [0.05, 0.1) is 37.0 Å². The summed E-state index contributed by atoms with van der Waals surface area (Å²) < 4.78 is 22.2. The number of nitrogens with zero attached hydrogens (tertiary/aromatic N) is 1. The first-order chi connectivity index (χ1) is 18.4. The van der Waals surface area contributed by atoms with Gasteiger partial charge in [0.1, 0.15) is 24.4 Å². The van der Waals surface area contributed by atoms with Crippen LogP contribution in [0, 0.1) is 11.8 Å². The fourth-order valence-corrected chi connectivity index (χ4v) is 5.45. The molecular weight excluding hydrogens is 496 g/mol. The molecule has 0 amide bonds. The Morgan fingerprint density at radius 1 is 1.21 bits per heavy atom. The molecule has 1 saturated heterocycles. The molecule has 0 spiro atoms. The molecule has 5 N–H and O–H groups in total. The van der Waals surface area contributed by atoms with Crippen molar-refractivity contribution < 1.29 is 44.2 Å². The summed E-state index contributed by atoms with van der Waals surface area (Å²) in [6, 6.07) is 8.04. The number of methoxy groups -OCH3 is 1. The summed E-state index contributed by atoms with van der Waals surface area (Å²) in [6.07, 6.45) is -4.37. The maximum Gasteiger partial charge on any atom is 0.337 e. The van der Waals surface area contributed by atoms with Gasteiger partial charge in [-0.15, -0.1) is 6.58 Å². The number of rotatable bonds is 7. The lowest BCUT2D eigenvalue weighted by Gasteiger charge is -2.43. The lowest BCUT2D eigenvalue weighted by atomic mass is 9.79. The fourth-order valence-electron chi connectivity index (χ4n) is 5.45. The Bertz CT molecular complexity index is 1250. The van der Waals surface area contributed by atoms with Crippen LogP contribution in [0.2, 0.25) is 0 Å². The van der Waals surface area contributed by atoms with E-state index in [0.29, 0.717) is 13.0 Å². The molecule has 0 bridgehead atoms. The molecule has 0 saturated carbocycles. The van der Waals surface area contributed by atoms with E-state index in [9.17, 15) is 25.2 Å². The van der Waals surface area contributed by atoms with Gasteiger partial charge in [-0.1, -0.05) is 24.3 Å². The first-order valence-corrected chi connectivity index (χ1v) is 12.5. The molecule has 11 heteroatoms. The monoisotopic (exact) mass is 528 g/mol. The maximum absolute atomic E-state index is 12.7. The Morgan fingerprint density at radius 3 is 2.74 bits per heavy atom. The number of aliphatic imine (C=N–C) groups is 1. The van der Waals surface area contributed by atoms with E-state index in [4.69, 9.17) is 23.9 Å². The number of aromatic nitrogens is 1. The highest BCUT2D eigenvalue weighted by Crippen LogP contribution is 2.39. The van der Waals surface area contributed by atoms with Gasteiger partial charge in [0.2, 0.25) is 6.29 Å². The van der Waals surface area contributed by atoms with Crippen LogP contribution in [0.3, 0.4) is 0 Å². The van der Waals surface area contributed by atoms with Crippen LogP contribution in [-0.2, 0) is 30.2 Å². The highest BCUT2D eigenvalue weighted by atomic mass is 16.8. The van der Waals surface area contributed by atoms with Crippen molar-refractivity contribution in [2.24, 2.45) is 16.8 Å². The second kappa shape index (κ2) is 11.0. The number of para-hydroxylation sites is 1. The first kappa shape index (κ1) is 26.5. The Balaban J connectivity index is 1.44. The number of benzene rings is 1. The van der Waals surface area contributed by atoms with Crippen molar-refractivity contribution in [3.63, 3.8) is 0 Å². The number of esters is 1. The minimum Gasteiger partial charge on any atom is -0.471 e. The van der Waals surface area contributed by atoms with Gasteiger partial charge in [-0.3, -0.25) is 4.99 Å². The number of ether oxygens (including phenoxy) is 4. The molecule has 2 unspecified atom stereocenters. The van der Waals surface area contributed by atoms with E-state index < -0.39 is 61.4 Å². The van der Waals surface area contributed by atoms with Gasteiger partial charge in [0.15, 0.2) is 6.29 Å². The average Bonchev–Trinajstić information content (AvgIpc) is 3.33. The topological polar surface area (TPSA) is 163 Å². The van der Waals surface area contributed by atoms with Crippen molar-refractivity contribution in [1.82, 2.24) is 4.98 Å². The highest BCUT2D eigenvalue weighted by molar-refractivity contribution is 6.07. The third-order valence-electron chi connectivity index (χ3n) is 7.50. The van der Waals surface area contributed by atoms with Crippen LogP contribution in [0.1, 0.15) is 17.7 Å². The SMILES string of the molecule is C=CC1C(CC2=NCCc3c2[nH]c2ccccc32)C(C(=O)OC)=CO[C@H]1O[C@@H]1O[C@H](CO)[C@@H](O)[C@H](O)[C@H]1O. The molecule has 38 heavy (non-hydrogen) atoms. The summed E-state index contributed by atoms with van der Waals surface area (Å²) >= 11 is 0. The lowest BCUT2D eigenvalue weighted by Crippen LogP contribution is -2.60. The average molecular weight is 529 g/mol. The standard InChI is InChI=1S/C27H32N2O9/c1-3-13-16(10-19-21-15(8-9-28-19)14-6-4-5-7-18(14)29-21)17(25(34)35-2)12-36-26(13)38-27-24(33)23(32)22(31)20(11-30)37-27/h3-7,12-13,16,20,22-24,26-27,29-33H,1,8-11H2,2H3/t13?,16?,20-,22-,23+,24-,26+,27+/m1/s1. The molecule has 2 aromatic rings. The second-order valence-corrected chi connectivity index (χ2v) is 9.63. The number of nitrogens with one attached hydrogen (secondary N) is 1. The van der Waals surface area contributed by atoms with Gasteiger partial charge in [0.25, 0.3) is 0 Å². The number of aliphatic hydroxyl groups is 4. The Hall–Kier alpha value is -3.06. The van der Waals surface area contributed by atoms with Gasteiger partial charge in [0, 0.05) is 29.3 Å². The number of carbonyl (C=O) groups is 1. The molecule has 3 aliphatic heterocycles. The summed E-state index contributed by atoms with van der Waals surface area (Å²) in [6.45, 7) is 3.94. The number of carbonyl (C=O) groups excluding carboxylic acids is 1. The Labute approximate surface area is 219 Å². The number of aromatic amines is 1. The fraction of sp³-hybridized carbons (Fsp3) is 0.481. The molecule has 4 heterocycles. The first-order valence-electron chi connectivity index (χ1n) is 12.5. The molecule has 1 aromatic heterocycles. The number of aliphatic hydroxyl groups excluding tert-OH is 4. The van der Waals surface area contributed by atoms with E-state index in [1.807, 2.05) is 18.2 Å². The zero-order chi connectivity index (χ0) is 27.0. The third-order valence-corrected chi connectivity index (χ3v) is 7.50. The number of hydrogen-bond donors (Lipinski definition) is 5. The predicted octanol–water partition coefficient (Wildman–Crippen LogP) is 0.551. The molecule has 0 aliphatic carbocycles. The van der Waals surface area contributed by atoms with Gasteiger partial charge < -0.3 is 44.4 Å². The van der Waals surface area contributed by atoms with Crippen LogP contribution in [0.15, 0.2) is 53.7 Å². The molecule has 3 aliphatic rings. The molecule has 1 fully saturated rings. The van der Waals surface area contributed by atoms with Crippen molar-refractivity contribution in [3.05, 3.63) is 60.0 Å². The van der Waals surface area contributed by atoms with Crippen molar-refractivity contribution >= 4 is 22.6 Å². The van der Waals surface area contributed by atoms with Crippen LogP contribution in [0.5, 0.6) is 0 Å². The summed E-state index contributed by atoms with van der Waals surface area (Å²) in [5, 5.41) is 41.4. The minimum absolute atomic E-state index is 0.275. The Kier molecular flexibility index (Phi) is 7.66. The van der Waals surface area contributed by atoms with E-state index in [2.05, 4.69) is 17.6 Å². The van der Waals surface area contributed by atoms with Crippen molar-refractivity contribution in [2.45, 2.75) is 49.8 Å². The molecule has 5 rings (SSSR count). The van der Waals surface area contributed by atoms with E-state index in [1.165, 1.54) is 18.9 Å². The van der Waals surface area contributed by atoms with E-state index in [-0.39, 0.29) is 5.57 Å². The quantitative estimate of drug-likeness (QED) is 0.255. The Morgan fingerprint density at radius 2 is 2.00 bits per heavy atom. The minimum atomic E-state index is -1.61. The molecule has 1 aromatic carbocycles. The zero-order valence-corrected chi connectivity index (χ0v) is 20.9. The number of fused-ring (bicyclic) bond motifs is 3. The summed E-state index contributed by atoms with van der Waals surface area (Å²) in [5.41, 5.74) is 4.17. The summed E-state index contributed by atoms with van der Waals surface area (Å²) in [5.74, 6) is -1.69. The lowest BCUT2D eigenvalue weighted by molar-refractivity contribution is -0.339. The molecule has 11 nitrogen and oxygen atoms in total. The summed E-state index contributed by atoms with van der Waals surface area (Å²) in [7, 11) is 1.29. The van der Waals surface area contributed by atoms with Gasteiger partial charge >= 0.3 is 5.97 Å². The largest absolute Gasteiger partial charge is 0.471 e. The number of H-pyrrole nitrogens is 1. The second-order valence-electron chi connectivity index (χ2n) is 9.63. The van der Waals surface area contributed by atoms with E-state index in [0.717, 1.165) is 28.7 Å². The van der Waals surface area contributed by atoms with E-state index in [1.54, 1.807) is 6.08 Å². The van der Waals surface area contributed by atoms with Gasteiger partial charge in [-0.2, -0.15) is 0 Å². The predicted molar refractivity (Wildman–Crippen MR) is 135 cm³/mol. The normalized spacial score (nSPS) is 33.1. The van der Waals surface area contributed by atoms with Crippen LogP contribution in [0.4, 0.5) is 0 Å². The smallest absolute Gasteiger partial charge is 0.337 e. The molecular formula is C27H32N2O9.